The largest absolute Gasteiger partial charge is 0.477 e. The molecule has 9 nitrogen and oxygen atoms in total. The quantitative estimate of drug-likeness (QED) is 0.567. The third kappa shape index (κ3) is 2.58. The number of nitriles is 1. The van der Waals surface area contributed by atoms with E-state index in [0.717, 1.165) is 0 Å². The number of hydrogen-bond acceptors (Lipinski definition) is 5. The minimum absolute atomic E-state index is 0.0843. The highest BCUT2D eigenvalue weighted by Crippen LogP contribution is 2.47. The third-order valence-electron chi connectivity index (χ3n) is 5.25. The lowest BCUT2D eigenvalue weighted by Crippen LogP contribution is -2.61. The summed E-state index contributed by atoms with van der Waals surface area (Å²) >= 11 is 0. The number of aromatic nitrogens is 3. The summed E-state index contributed by atoms with van der Waals surface area (Å²) in [6.45, 7) is 1.53. The van der Waals surface area contributed by atoms with E-state index in [1.54, 1.807) is 47.0 Å². The normalized spacial score (nSPS) is 21.9. The summed E-state index contributed by atoms with van der Waals surface area (Å²) in [5.41, 5.74) is 1.91. The molecule has 0 saturated carbocycles. The van der Waals surface area contributed by atoms with Crippen molar-refractivity contribution >= 4 is 17.4 Å². The zero-order valence-corrected chi connectivity index (χ0v) is 15.3. The van der Waals surface area contributed by atoms with Gasteiger partial charge in [0.1, 0.15) is 12.7 Å². The molecule has 9 heteroatoms. The van der Waals surface area contributed by atoms with Gasteiger partial charge in [0.25, 0.3) is 0 Å². The summed E-state index contributed by atoms with van der Waals surface area (Å²) in [6.07, 6.45) is 2.92. The Morgan fingerprint density at radius 1 is 1.43 bits per heavy atom. The van der Waals surface area contributed by atoms with Crippen LogP contribution in [0.4, 0.5) is 0 Å². The average molecular weight is 380 g/mol. The van der Waals surface area contributed by atoms with Crippen LogP contribution in [0.2, 0.25) is 0 Å². The van der Waals surface area contributed by atoms with Crippen LogP contribution in [-0.2, 0) is 16.6 Å². The predicted molar refractivity (Wildman–Crippen MR) is 94.4 cm³/mol. The van der Waals surface area contributed by atoms with Gasteiger partial charge in [-0.2, -0.15) is 5.26 Å². The number of amides is 1. The van der Waals surface area contributed by atoms with Gasteiger partial charge in [-0.25, -0.2) is 4.79 Å². The van der Waals surface area contributed by atoms with Gasteiger partial charge < -0.3 is 15.1 Å². The molecule has 1 saturated heterocycles. The van der Waals surface area contributed by atoms with Crippen LogP contribution in [0.25, 0.3) is 11.3 Å². The number of carboxylic acids is 1. The number of fused-ring (bicyclic) bond motifs is 1. The fourth-order valence-electron chi connectivity index (χ4n) is 4.02. The molecule has 1 amide bonds. The molecule has 2 aliphatic rings. The molecule has 2 aromatic rings. The van der Waals surface area contributed by atoms with Gasteiger partial charge >= 0.3 is 5.97 Å². The minimum Gasteiger partial charge on any atom is -0.477 e. The van der Waals surface area contributed by atoms with Crippen molar-refractivity contribution < 1.29 is 24.5 Å². The molecule has 2 aliphatic heterocycles. The van der Waals surface area contributed by atoms with Crippen LogP contribution in [0.5, 0.6) is 0 Å². The number of carbonyl (C=O) groups is 2. The van der Waals surface area contributed by atoms with E-state index in [1.165, 1.54) is 11.8 Å². The number of nitrogens with zero attached hydrogens (tertiary/aromatic N) is 5. The van der Waals surface area contributed by atoms with E-state index in [4.69, 9.17) is 0 Å². The zero-order valence-electron chi connectivity index (χ0n) is 15.3. The van der Waals surface area contributed by atoms with Crippen LogP contribution < -0.4 is 4.68 Å². The van der Waals surface area contributed by atoms with Crippen molar-refractivity contribution in [1.29, 1.82) is 5.26 Å². The van der Waals surface area contributed by atoms with Crippen molar-refractivity contribution in [1.82, 2.24) is 14.8 Å². The Morgan fingerprint density at radius 2 is 2.18 bits per heavy atom. The lowest BCUT2D eigenvalue weighted by molar-refractivity contribution is -0.731. The first-order valence-corrected chi connectivity index (χ1v) is 8.77. The van der Waals surface area contributed by atoms with E-state index in [2.05, 4.69) is 11.3 Å². The number of aliphatic hydroxyl groups is 1. The Morgan fingerprint density at radius 3 is 2.75 bits per heavy atom. The molecule has 1 aromatic carbocycles. The number of benzene rings is 1. The van der Waals surface area contributed by atoms with Crippen molar-refractivity contribution in [2.75, 3.05) is 0 Å². The number of carbonyl (C=O) groups excluding carboxylic acids is 1. The maximum absolute atomic E-state index is 12.4. The van der Waals surface area contributed by atoms with E-state index in [-0.39, 0.29) is 17.6 Å². The second kappa shape index (κ2) is 6.28. The van der Waals surface area contributed by atoms with E-state index >= 15 is 0 Å². The highest BCUT2D eigenvalue weighted by molar-refractivity contribution is 6.06. The van der Waals surface area contributed by atoms with E-state index in [9.17, 15) is 25.1 Å². The van der Waals surface area contributed by atoms with Gasteiger partial charge in [0, 0.05) is 6.07 Å². The molecule has 0 spiro atoms. The van der Waals surface area contributed by atoms with E-state index in [1.807, 2.05) is 0 Å². The first kappa shape index (κ1) is 17.9. The minimum atomic E-state index is -1.20. The number of aryl methyl sites for hydroxylation is 1. The van der Waals surface area contributed by atoms with E-state index < -0.39 is 18.0 Å². The van der Waals surface area contributed by atoms with Gasteiger partial charge in [0.05, 0.1) is 34.9 Å². The monoisotopic (exact) mass is 380 g/mol. The van der Waals surface area contributed by atoms with Crippen molar-refractivity contribution in [3.63, 3.8) is 0 Å². The van der Waals surface area contributed by atoms with Gasteiger partial charge in [0.15, 0.2) is 18.1 Å². The Bertz CT molecular complexity index is 1080. The molecule has 0 radical (unpaired) electrons. The Hall–Kier alpha value is -3.51. The van der Waals surface area contributed by atoms with Gasteiger partial charge in [-0.3, -0.25) is 4.79 Å². The summed E-state index contributed by atoms with van der Waals surface area (Å²) in [7, 11) is 1.76. The van der Waals surface area contributed by atoms with Crippen LogP contribution in [0.15, 0.2) is 36.3 Å². The molecule has 142 valence electrons. The Balaban J connectivity index is 1.83. The molecular formula is C19H18N5O4+. The summed E-state index contributed by atoms with van der Waals surface area (Å²) in [5.74, 6) is -2.21. The van der Waals surface area contributed by atoms with Gasteiger partial charge in [-0.15, -0.1) is 9.36 Å². The predicted octanol–water partition coefficient (Wildman–Crippen LogP) is -0.0243. The van der Waals surface area contributed by atoms with Crippen molar-refractivity contribution in [2.24, 2.45) is 13.0 Å². The van der Waals surface area contributed by atoms with E-state index in [0.29, 0.717) is 28.8 Å². The number of hydrogen-bond donors (Lipinski definition) is 2. The molecule has 3 atom stereocenters. The number of carboxylic acid groups (broad SMARTS) is 1. The first-order chi connectivity index (χ1) is 13.3. The first-order valence-electron chi connectivity index (χ1n) is 8.77. The fourth-order valence-corrected chi connectivity index (χ4v) is 4.02. The van der Waals surface area contributed by atoms with Crippen molar-refractivity contribution in [2.45, 2.75) is 25.5 Å². The third-order valence-corrected chi connectivity index (χ3v) is 5.25. The average Bonchev–Trinajstić information content (AvgIpc) is 3.22. The number of rotatable bonds is 4. The lowest BCUT2D eigenvalue weighted by atomic mass is 9.82. The molecule has 3 unspecified atom stereocenters. The molecule has 4 rings (SSSR count). The summed E-state index contributed by atoms with van der Waals surface area (Å²) in [5, 5.41) is 33.3. The molecule has 28 heavy (non-hydrogen) atoms. The van der Waals surface area contributed by atoms with Gasteiger partial charge in [-0.1, -0.05) is 0 Å². The van der Waals surface area contributed by atoms with Crippen LogP contribution >= 0.6 is 0 Å². The highest BCUT2D eigenvalue weighted by Gasteiger charge is 2.56. The van der Waals surface area contributed by atoms with Gasteiger partial charge in [-0.05, 0) is 36.6 Å². The highest BCUT2D eigenvalue weighted by atomic mass is 16.4. The van der Waals surface area contributed by atoms with Crippen LogP contribution in [0, 0.1) is 17.2 Å². The zero-order chi connectivity index (χ0) is 20.2. The topological polar surface area (TPSA) is 123 Å². The Labute approximate surface area is 160 Å². The summed E-state index contributed by atoms with van der Waals surface area (Å²) < 4.78 is 3.19. The number of aliphatic hydroxyl groups excluding tert-OH is 1. The maximum atomic E-state index is 12.4. The van der Waals surface area contributed by atoms with Gasteiger partial charge in [0.2, 0.25) is 5.91 Å². The lowest BCUT2D eigenvalue weighted by Gasteiger charge is -2.44. The smallest absolute Gasteiger partial charge is 0.352 e. The molecule has 2 N–H and O–H groups in total. The van der Waals surface area contributed by atoms with Crippen molar-refractivity contribution in [3.8, 4) is 11.8 Å². The SMILES string of the molecule is CC(O)C1C(=O)N2C(C(=O)O)=C(c3cc(C#N)cc(-n4cc[n+](C)n4)c3)CC12. The fraction of sp³-hybridized carbons (Fsp3) is 0.316. The van der Waals surface area contributed by atoms with Crippen LogP contribution in [-0.4, -0.2) is 49.0 Å². The second-order valence-electron chi connectivity index (χ2n) is 7.06. The maximum Gasteiger partial charge on any atom is 0.352 e. The van der Waals surface area contributed by atoms with Crippen LogP contribution in [0.3, 0.4) is 0 Å². The number of aliphatic carboxylic acids is 1. The summed E-state index contributed by atoms with van der Waals surface area (Å²) in [6, 6.07) is 6.72. The number of β-lactam (4-membered cyclic amide) rings is 1. The standard InChI is InChI=1S/C19H17N5O4/c1-10(25)16-15-8-14(17(19(27)28)24(15)18(16)26)12-5-11(9-20)6-13(7-12)23-4-3-22(2)21-23/h3-7,10,15-16,25H,8H2,1-2H3/p+1. The van der Waals surface area contributed by atoms with Crippen molar-refractivity contribution in [3.05, 3.63) is 47.4 Å². The van der Waals surface area contributed by atoms with Crippen LogP contribution in [0.1, 0.15) is 24.5 Å². The molecule has 1 fully saturated rings. The molecule has 1 aromatic heterocycles. The summed E-state index contributed by atoms with van der Waals surface area (Å²) in [4.78, 5) is 25.6. The Kier molecular flexibility index (Phi) is 4.01. The molecule has 0 bridgehead atoms. The molecule has 0 aliphatic carbocycles. The molecular weight excluding hydrogens is 362 g/mol. The second-order valence-corrected chi connectivity index (χ2v) is 7.06. The molecule has 3 heterocycles.